The Labute approximate surface area is 84.0 Å². The van der Waals surface area contributed by atoms with Gasteiger partial charge >= 0.3 is 0 Å². The standard InChI is InChI=1S/C8H9BrFNS/c1-5-7(10)3-6(9)4-8(5)12-11-2/h3-4,11H,1-2H3. The first-order chi connectivity index (χ1) is 5.65. The first-order valence-electron chi connectivity index (χ1n) is 3.44. The molecule has 0 fully saturated rings. The van der Waals surface area contributed by atoms with Crippen LogP contribution in [0.4, 0.5) is 4.39 Å². The Morgan fingerprint density at radius 2 is 2.17 bits per heavy atom. The van der Waals surface area contributed by atoms with Crippen LogP contribution in [0.15, 0.2) is 21.5 Å². The van der Waals surface area contributed by atoms with Crippen LogP contribution in [0.2, 0.25) is 0 Å². The van der Waals surface area contributed by atoms with Crippen LogP contribution < -0.4 is 4.72 Å². The van der Waals surface area contributed by atoms with Crippen LogP contribution in [-0.2, 0) is 0 Å². The van der Waals surface area contributed by atoms with Crippen LogP contribution in [0, 0.1) is 12.7 Å². The third kappa shape index (κ3) is 2.21. The van der Waals surface area contributed by atoms with E-state index < -0.39 is 0 Å². The van der Waals surface area contributed by atoms with Gasteiger partial charge in [-0.05, 0) is 43.6 Å². The Balaban J connectivity index is 3.09. The summed E-state index contributed by atoms with van der Waals surface area (Å²) >= 11 is 4.65. The molecule has 0 radical (unpaired) electrons. The molecule has 1 aromatic rings. The molecule has 0 aliphatic rings. The molecule has 4 heteroatoms. The third-order valence-electron chi connectivity index (χ3n) is 1.47. The van der Waals surface area contributed by atoms with Crippen molar-refractivity contribution in [2.75, 3.05) is 7.05 Å². The molecular weight excluding hydrogens is 241 g/mol. The molecule has 0 saturated carbocycles. The van der Waals surface area contributed by atoms with Gasteiger partial charge in [0.1, 0.15) is 5.82 Å². The summed E-state index contributed by atoms with van der Waals surface area (Å²) in [6.45, 7) is 1.77. The molecule has 0 unspecified atom stereocenters. The summed E-state index contributed by atoms with van der Waals surface area (Å²) in [4.78, 5) is 0.907. The molecule has 1 rings (SSSR count). The smallest absolute Gasteiger partial charge is 0.128 e. The number of hydrogen-bond donors (Lipinski definition) is 1. The molecule has 0 spiro atoms. The minimum Gasteiger partial charge on any atom is -0.263 e. The Morgan fingerprint density at radius 3 is 2.75 bits per heavy atom. The lowest BCUT2D eigenvalue weighted by Gasteiger charge is -2.05. The highest BCUT2D eigenvalue weighted by atomic mass is 79.9. The topological polar surface area (TPSA) is 12.0 Å². The fourth-order valence-corrected chi connectivity index (χ4v) is 2.08. The van der Waals surface area contributed by atoms with Gasteiger partial charge in [0.2, 0.25) is 0 Å². The maximum absolute atomic E-state index is 13.1. The summed E-state index contributed by atoms with van der Waals surface area (Å²) in [5.41, 5.74) is 0.678. The summed E-state index contributed by atoms with van der Waals surface area (Å²) in [6.07, 6.45) is 0. The van der Waals surface area contributed by atoms with E-state index in [0.717, 1.165) is 9.37 Å². The van der Waals surface area contributed by atoms with Crippen molar-refractivity contribution in [3.8, 4) is 0 Å². The number of hydrogen-bond acceptors (Lipinski definition) is 2. The van der Waals surface area contributed by atoms with Crippen LogP contribution in [0.1, 0.15) is 5.56 Å². The van der Waals surface area contributed by atoms with Crippen molar-refractivity contribution >= 4 is 27.9 Å². The Hall–Kier alpha value is -0.0600. The number of nitrogens with one attached hydrogen (secondary N) is 1. The van der Waals surface area contributed by atoms with Gasteiger partial charge in [-0.2, -0.15) is 0 Å². The highest BCUT2D eigenvalue weighted by molar-refractivity contribution is 9.10. The SMILES string of the molecule is CNSc1cc(Br)cc(F)c1C. The van der Waals surface area contributed by atoms with Gasteiger partial charge in [-0.25, -0.2) is 4.39 Å². The average molecular weight is 250 g/mol. The number of halogens is 2. The molecule has 1 nitrogen and oxygen atoms in total. The zero-order valence-electron chi connectivity index (χ0n) is 6.82. The van der Waals surface area contributed by atoms with E-state index in [1.807, 2.05) is 13.1 Å². The molecule has 0 atom stereocenters. The Bertz CT molecular complexity index is 291. The van der Waals surface area contributed by atoms with E-state index in [-0.39, 0.29) is 5.82 Å². The van der Waals surface area contributed by atoms with Crippen molar-refractivity contribution in [3.05, 3.63) is 28.0 Å². The van der Waals surface area contributed by atoms with E-state index in [2.05, 4.69) is 20.7 Å². The Kier molecular flexibility index (Phi) is 3.55. The van der Waals surface area contributed by atoms with Gasteiger partial charge in [-0.3, -0.25) is 4.72 Å². The molecule has 1 N–H and O–H groups in total. The second kappa shape index (κ2) is 4.25. The summed E-state index contributed by atoms with van der Waals surface area (Å²) in [5, 5.41) is 0. The van der Waals surface area contributed by atoms with Crippen LogP contribution in [0.5, 0.6) is 0 Å². The van der Waals surface area contributed by atoms with Crippen molar-refractivity contribution in [1.29, 1.82) is 0 Å². The molecule has 0 saturated heterocycles. The lowest BCUT2D eigenvalue weighted by Crippen LogP contribution is -1.94. The lowest BCUT2D eigenvalue weighted by atomic mass is 10.2. The van der Waals surface area contributed by atoms with Gasteiger partial charge in [0.05, 0.1) is 0 Å². The summed E-state index contributed by atoms with van der Waals surface area (Å²) < 4.78 is 16.8. The quantitative estimate of drug-likeness (QED) is 0.809. The Morgan fingerprint density at radius 1 is 1.50 bits per heavy atom. The van der Waals surface area contributed by atoms with E-state index >= 15 is 0 Å². The fourth-order valence-electron chi connectivity index (χ4n) is 0.838. The fraction of sp³-hybridized carbons (Fsp3) is 0.250. The lowest BCUT2D eigenvalue weighted by molar-refractivity contribution is 0.612. The second-order valence-electron chi connectivity index (χ2n) is 2.32. The highest BCUT2D eigenvalue weighted by Gasteiger charge is 2.05. The summed E-state index contributed by atoms with van der Waals surface area (Å²) in [5.74, 6) is -0.179. The van der Waals surface area contributed by atoms with Crippen LogP contribution in [0.3, 0.4) is 0 Å². The predicted molar refractivity (Wildman–Crippen MR) is 53.8 cm³/mol. The van der Waals surface area contributed by atoms with Crippen molar-refractivity contribution in [3.63, 3.8) is 0 Å². The van der Waals surface area contributed by atoms with E-state index in [0.29, 0.717) is 5.56 Å². The monoisotopic (exact) mass is 249 g/mol. The van der Waals surface area contributed by atoms with Crippen molar-refractivity contribution in [2.24, 2.45) is 0 Å². The molecule has 66 valence electrons. The van der Waals surface area contributed by atoms with Crippen molar-refractivity contribution in [2.45, 2.75) is 11.8 Å². The molecule has 0 aliphatic carbocycles. The van der Waals surface area contributed by atoms with Crippen molar-refractivity contribution in [1.82, 2.24) is 4.72 Å². The maximum atomic E-state index is 13.1. The van der Waals surface area contributed by atoms with Gasteiger partial charge in [0, 0.05) is 9.37 Å². The molecular formula is C8H9BrFNS. The number of rotatable bonds is 2. The molecule has 1 aromatic carbocycles. The normalized spacial score (nSPS) is 10.3. The minimum atomic E-state index is -0.179. The van der Waals surface area contributed by atoms with E-state index in [4.69, 9.17) is 0 Å². The zero-order chi connectivity index (χ0) is 9.14. The largest absolute Gasteiger partial charge is 0.263 e. The average Bonchev–Trinajstić information content (AvgIpc) is 2.00. The first kappa shape index (κ1) is 10.0. The van der Waals surface area contributed by atoms with Crippen LogP contribution in [0.25, 0.3) is 0 Å². The van der Waals surface area contributed by atoms with Crippen LogP contribution >= 0.6 is 27.9 Å². The number of benzene rings is 1. The van der Waals surface area contributed by atoms with E-state index in [1.165, 1.54) is 18.0 Å². The van der Waals surface area contributed by atoms with Crippen molar-refractivity contribution < 1.29 is 4.39 Å². The van der Waals surface area contributed by atoms with E-state index in [1.54, 1.807) is 6.92 Å². The van der Waals surface area contributed by atoms with Crippen LogP contribution in [-0.4, -0.2) is 7.05 Å². The van der Waals surface area contributed by atoms with Gasteiger partial charge in [-0.15, -0.1) is 0 Å². The third-order valence-corrected chi connectivity index (χ3v) is 2.78. The molecule has 12 heavy (non-hydrogen) atoms. The maximum Gasteiger partial charge on any atom is 0.128 e. The zero-order valence-corrected chi connectivity index (χ0v) is 9.22. The van der Waals surface area contributed by atoms with Gasteiger partial charge in [0.15, 0.2) is 0 Å². The second-order valence-corrected chi connectivity index (χ2v) is 4.28. The molecule has 0 aliphatic heterocycles. The van der Waals surface area contributed by atoms with Gasteiger partial charge < -0.3 is 0 Å². The van der Waals surface area contributed by atoms with Gasteiger partial charge in [-0.1, -0.05) is 15.9 Å². The molecule has 0 aromatic heterocycles. The molecule has 0 heterocycles. The predicted octanol–water partition coefficient (Wildman–Crippen LogP) is 3.12. The highest BCUT2D eigenvalue weighted by Crippen LogP contribution is 2.26. The van der Waals surface area contributed by atoms with E-state index in [9.17, 15) is 4.39 Å². The molecule has 0 bridgehead atoms. The summed E-state index contributed by atoms with van der Waals surface area (Å²) in [6, 6.07) is 3.36. The first-order valence-corrected chi connectivity index (χ1v) is 5.05. The molecule has 0 amide bonds. The summed E-state index contributed by atoms with van der Waals surface area (Å²) in [7, 11) is 1.81. The minimum absolute atomic E-state index is 0.179. The van der Waals surface area contributed by atoms with Gasteiger partial charge in [0.25, 0.3) is 0 Å².